The molecule has 1 aromatic carbocycles. The maximum Gasteiger partial charge on any atom is 0.352 e. The number of hydrogen-bond acceptors (Lipinski definition) is 12. The molecule has 0 bridgehead atoms. The van der Waals surface area contributed by atoms with Crippen LogP contribution in [0.15, 0.2) is 46.9 Å². The number of rotatable bonds is 9. The van der Waals surface area contributed by atoms with E-state index in [1.807, 2.05) is 6.07 Å². The highest BCUT2D eigenvalue weighted by Crippen LogP contribution is 2.47. The number of benzene rings is 1. The van der Waals surface area contributed by atoms with Crippen LogP contribution in [0.3, 0.4) is 0 Å². The summed E-state index contributed by atoms with van der Waals surface area (Å²) in [5.41, 5.74) is 0.377. The number of β-lactam (4-membered cyclic amide) rings is 1. The van der Waals surface area contributed by atoms with Crippen LogP contribution in [-0.4, -0.2) is 92.7 Å². The first-order valence-corrected chi connectivity index (χ1v) is 13.3. The van der Waals surface area contributed by atoms with Gasteiger partial charge >= 0.3 is 5.97 Å². The Morgan fingerprint density at radius 1 is 1.31 bits per heavy atom. The molecule has 2 aliphatic heterocycles. The molecule has 2 atom stereocenters. The number of carboxylic acid groups (broad SMARTS) is 1. The zero-order valence-electron chi connectivity index (χ0n) is 20.5. The van der Waals surface area contributed by atoms with Crippen LogP contribution in [0.5, 0.6) is 0 Å². The molecule has 15 nitrogen and oxygen atoms in total. The van der Waals surface area contributed by atoms with Crippen molar-refractivity contribution in [3.8, 4) is 17.3 Å². The minimum absolute atomic E-state index is 0.142. The summed E-state index contributed by atoms with van der Waals surface area (Å²) in [6.45, 7) is -0.256. The van der Waals surface area contributed by atoms with Gasteiger partial charge in [-0.25, -0.2) is 14.2 Å². The number of hydrogen-bond donors (Lipinski definition) is 2. The minimum Gasteiger partial charge on any atom is -0.477 e. The van der Waals surface area contributed by atoms with E-state index < -0.39 is 28.9 Å². The number of methoxy groups -OCH3 is 1. The fraction of sp³-hybridized carbons (Fsp3) is 0.318. The zero-order chi connectivity index (χ0) is 27.7. The van der Waals surface area contributed by atoms with Crippen molar-refractivity contribution < 1.29 is 24.2 Å². The Morgan fingerprint density at radius 3 is 2.72 bits per heavy atom. The maximum absolute atomic E-state index is 13.3. The van der Waals surface area contributed by atoms with Crippen LogP contribution in [0.4, 0.5) is 0 Å². The molecule has 39 heavy (non-hydrogen) atoms. The predicted octanol–water partition coefficient (Wildman–Crippen LogP) is -0.155. The van der Waals surface area contributed by atoms with Crippen molar-refractivity contribution in [2.45, 2.75) is 22.8 Å². The largest absolute Gasteiger partial charge is 0.477 e. The molecule has 1 fully saturated rings. The minimum atomic E-state index is -1.73. The number of nitrogens with one attached hydrogen (secondary N) is 1. The molecule has 2 amide bonds. The lowest BCUT2D eigenvalue weighted by atomic mass is 9.98. The monoisotopic (exact) mass is 568 g/mol. The van der Waals surface area contributed by atoms with Gasteiger partial charge in [-0.15, -0.1) is 22.0 Å². The van der Waals surface area contributed by atoms with Crippen molar-refractivity contribution in [2.75, 3.05) is 18.6 Å². The molecule has 0 saturated carbocycles. The van der Waals surface area contributed by atoms with Crippen molar-refractivity contribution in [3.63, 3.8) is 0 Å². The van der Waals surface area contributed by atoms with Crippen molar-refractivity contribution >= 4 is 41.3 Å². The van der Waals surface area contributed by atoms with Crippen LogP contribution in [0, 0.1) is 11.3 Å². The smallest absolute Gasteiger partial charge is 0.352 e. The number of thioether (sulfide) groups is 2. The SMILES string of the molecule is CO[C@@]1(NC(=O)Cn2cc(-c3ccc(C#N)cc3)nn2)C(=O)N2C(C(=O)O)=C(CSc3nnnn3C)CS[C@@H]21. The van der Waals surface area contributed by atoms with Gasteiger partial charge in [-0.1, -0.05) is 29.1 Å². The van der Waals surface area contributed by atoms with Gasteiger partial charge in [0, 0.05) is 31.2 Å². The highest BCUT2D eigenvalue weighted by molar-refractivity contribution is 8.01. The van der Waals surface area contributed by atoms with Gasteiger partial charge in [0.2, 0.25) is 11.1 Å². The van der Waals surface area contributed by atoms with Crippen LogP contribution in [0.1, 0.15) is 5.56 Å². The molecule has 0 unspecified atom stereocenters. The highest BCUT2D eigenvalue weighted by atomic mass is 32.2. The summed E-state index contributed by atoms with van der Waals surface area (Å²) in [6.07, 6.45) is 1.56. The molecule has 2 aliphatic rings. The van der Waals surface area contributed by atoms with Gasteiger partial charge in [-0.05, 0) is 28.1 Å². The molecule has 1 saturated heterocycles. The number of carbonyl (C=O) groups excluding carboxylic acids is 2. The van der Waals surface area contributed by atoms with Crippen LogP contribution in [0.25, 0.3) is 11.3 Å². The standard InChI is InChI=1S/C22H20N10O5S2/c1-30-21(26-27-29-30)39-11-14-10-38-20-22(37-2,19(36)32(20)17(14)18(34)35)24-16(33)9-31-8-15(25-28-31)13-5-3-12(7-23)4-6-13/h3-6,8,20H,9-11H2,1-2H3,(H,24,33)(H,34,35)/t20-,22+/m1/s1. The lowest BCUT2D eigenvalue weighted by Gasteiger charge is -2.55. The van der Waals surface area contributed by atoms with E-state index in [0.717, 1.165) is 10.5 Å². The van der Waals surface area contributed by atoms with E-state index in [-0.39, 0.29) is 18.0 Å². The van der Waals surface area contributed by atoms with E-state index in [2.05, 4.69) is 31.2 Å². The molecule has 200 valence electrons. The molecular formula is C22H20N10O5S2. The van der Waals surface area contributed by atoms with Crippen LogP contribution < -0.4 is 5.32 Å². The Kier molecular flexibility index (Phi) is 7.08. The van der Waals surface area contributed by atoms with Crippen molar-refractivity contribution in [3.05, 3.63) is 47.3 Å². The Hall–Kier alpha value is -4.27. The second-order valence-corrected chi connectivity index (χ2v) is 10.5. The summed E-state index contributed by atoms with van der Waals surface area (Å²) in [6, 6.07) is 8.78. The Morgan fingerprint density at radius 2 is 2.08 bits per heavy atom. The molecular weight excluding hydrogens is 548 g/mol. The zero-order valence-corrected chi connectivity index (χ0v) is 22.1. The number of carbonyl (C=O) groups is 3. The van der Waals surface area contributed by atoms with Crippen LogP contribution in [0.2, 0.25) is 0 Å². The number of aromatic nitrogens is 7. The summed E-state index contributed by atoms with van der Waals surface area (Å²) in [4.78, 5) is 39.5. The third-order valence-electron chi connectivity index (χ3n) is 6.07. The Bertz CT molecular complexity index is 1530. The summed E-state index contributed by atoms with van der Waals surface area (Å²) in [5.74, 6) is -1.95. The average Bonchev–Trinajstić information content (AvgIpc) is 3.58. The van der Waals surface area contributed by atoms with Gasteiger partial charge in [0.25, 0.3) is 11.6 Å². The number of ether oxygens (including phenoxy) is 1. The van der Waals surface area contributed by atoms with Crippen LogP contribution in [-0.2, 0) is 32.7 Å². The van der Waals surface area contributed by atoms with E-state index in [1.54, 1.807) is 37.5 Å². The third-order valence-corrected chi connectivity index (χ3v) is 8.54. The van der Waals surface area contributed by atoms with E-state index in [1.165, 1.54) is 40.0 Å². The number of nitrogens with zero attached hydrogens (tertiary/aromatic N) is 9. The Labute approximate surface area is 229 Å². The van der Waals surface area contributed by atoms with Gasteiger partial charge in [0.15, 0.2) is 0 Å². The van der Waals surface area contributed by atoms with Gasteiger partial charge in [-0.2, -0.15) is 5.26 Å². The summed E-state index contributed by atoms with van der Waals surface area (Å²) in [5, 5.41) is 40.4. The highest BCUT2D eigenvalue weighted by Gasteiger charge is 2.66. The average molecular weight is 569 g/mol. The van der Waals surface area contributed by atoms with Crippen LogP contribution >= 0.6 is 23.5 Å². The molecule has 3 aromatic rings. The third kappa shape index (κ3) is 4.73. The van der Waals surface area contributed by atoms with E-state index in [4.69, 9.17) is 10.00 Å². The Balaban J connectivity index is 1.28. The summed E-state index contributed by atoms with van der Waals surface area (Å²) < 4.78 is 8.26. The fourth-order valence-electron chi connectivity index (χ4n) is 4.17. The number of aliphatic carboxylic acids is 1. The molecule has 0 radical (unpaired) electrons. The quantitative estimate of drug-likeness (QED) is 0.197. The van der Waals surface area contributed by atoms with E-state index in [9.17, 15) is 19.5 Å². The first-order valence-electron chi connectivity index (χ1n) is 11.3. The molecule has 17 heteroatoms. The predicted molar refractivity (Wildman–Crippen MR) is 135 cm³/mol. The molecule has 2 N–H and O–H groups in total. The second kappa shape index (κ2) is 10.5. The number of nitriles is 1. The topological polar surface area (TPSA) is 194 Å². The number of amides is 2. The van der Waals surface area contributed by atoms with E-state index in [0.29, 0.717) is 27.7 Å². The molecule has 4 heterocycles. The molecule has 0 spiro atoms. The van der Waals surface area contributed by atoms with Crippen molar-refractivity contribution in [2.24, 2.45) is 7.05 Å². The normalized spacial score (nSPS) is 20.3. The maximum atomic E-state index is 13.3. The lowest BCUT2D eigenvalue weighted by Crippen LogP contribution is -2.80. The van der Waals surface area contributed by atoms with Gasteiger partial charge < -0.3 is 15.2 Å². The number of carboxylic acids is 1. The van der Waals surface area contributed by atoms with Crippen molar-refractivity contribution in [1.82, 2.24) is 45.4 Å². The summed E-state index contributed by atoms with van der Waals surface area (Å²) >= 11 is 2.54. The van der Waals surface area contributed by atoms with Gasteiger partial charge in [-0.3, -0.25) is 14.5 Å². The second-order valence-electron chi connectivity index (χ2n) is 8.45. The lowest BCUT2D eigenvalue weighted by molar-refractivity contribution is -0.192. The van der Waals surface area contributed by atoms with E-state index >= 15 is 0 Å². The number of tetrazole rings is 1. The molecule has 2 aromatic heterocycles. The van der Waals surface area contributed by atoms with Gasteiger partial charge in [0.05, 0.1) is 17.8 Å². The number of fused-ring (bicyclic) bond motifs is 1. The first-order chi connectivity index (χ1) is 18.8. The van der Waals surface area contributed by atoms with Crippen molar-refractivity contribution in [1.29, 1.82) is 5.26 Å². The fourth-order valence-corrected chi connectivity index (χ4v) is 6.59. The number of aryl methyl sites for hydroxylation is 1. The molecule has 0 aliphatic carbocycles. The molecule has 5 rings (SSSR count). The first kappa shape index (κ1) is 26.3. The summed E-state index contributed by atoms with van der Waals surface area (Å²) in [7, 11) is 2.95. The van der Waals surface area contributed by atoms with Gasteiger partial charge in [0.1, 0.15) is 23.3 Å².